The van der Waals surface area contributed by atoms with Gasteiger partial charge in [-0.25, -0.2) is 4.79 Å². The molecule has 1 aliphatic rings. The van der Waals surface area contributed by atoms with Crippen LogP contribution in [0.2, 0.25) is 0 Å². The summed E-state index contributed by atoms with van der Waals surface area (Å²) in [5.41, 5.74) is 7.48. The Morgan fingerprint density at radius 2 is 1.47 bits per heavy atom. The van der Waals surface area contributed by atoms with Gasteiger partial charge in [-0.1, -0.05) is 18.2 Å². The predicted octanol–water partition coefficient (Wildman–Crippen LogP) is 1.72. The number of nitrogen functional groups attached to an aromatic ring is 1. The highest BCUT2D eigenvalue weighted by Crippen LogP contribution is 2.23. The Balaban J connectivity index is 0.000000435. The summed E-state index contributed by atoms with van der Waals surface area (Å²) in [6.45, 7) is 1.59. The molecule has 204 valence electrons. The molecule has 3 aromatic rings. The molecule has 0 saturated carbocycles. The predicted molar refractivity (Wildman–Crippen MR) is 145 cm³/mol. The molecule has 0 aromatic heterocycles. The van der Waals surface area contributed by atoms with Crippen LogP contribution in [0.5, 0.6) is 5.75 Å². The van der Waals surface area contributed by atoms with Crippen LogP contribution in [-0.2, 0) is 20.2 Å². The zero-order chi connectivity index (χ0) is 28.5. The monoisotopic (exact) mass is 565 g/mol. The van der Waals surface area contributed by atoms with Crippen LogP contribution >= 0.6 is 0 Å². The van der Waals surface area contributed by atoms with Crippen molar-refractivity contribution >= 4 is 54.5 Å². The summed E-state index contributed by atoms with van der Waals surface area (Å²) in [6.07, 6.45) is 1.43. The number of ether oxygens (including phenoxy) is 1. The van der Waals surface area contributed by atoms with E-state index in [-0.39, 0.29) is 5.84 Å². The molecule has 0 radical (unpaired) electrons. The molecule has 1 aliphatic heterocycles. The number of benzene rings is 3. The van der Waals surface area contributed by atoms with Gasteiger partial charge in [0, 0.05) is 17.8 Å². The lowest BCUT2D eigenvalue weighted by molar-refractivity contribution is 0.0735. The summed E-state index contributed by atoms with van der Waals surface area (Å²) >= 11 is 0. The molecule has 0 saturated heterocycles. The molecule has 0 aliphatic carbocycles. The SMILES string of the molecule is CS(=O)(=O)O.CS(=O)(=O)O.N=C(N)c1ccc2cc(OC(=O)c3ccc(NC4=NCCN4)cc3)ccc2c1. The summed E-state index contributed by atoms with van der Waals surface area (Å²) in [5.74, 6) is 0.785. The quantitative estimate of drug-likeness (QED) is 0.0878. The van der Waals surface area contributed by atoms with Gasteiger partial charge in [-0.2, -0.15) is 16.8 Å². The highest BCUT2D eigenvalue weighted by Gasteiger charge is 2.11. The third kappa shape index (κ3) is 11.8. The molecule has 4 rings (SSSR count). The van der Waals surface area contributed by atoms with Crippen LogP contribution in [0.3, 0.4) is 0 Å². The number of nitrogens with zero attached hydrogens (tertiary/aromatic N) is 1. The van der Waals surface area contributed by atoms with E-state index in [1.807, 2.05) is 30.3 Å². The van der Waals surface area contributed by atoms with Gasteiger partial charge >= 0.3 is 5.97 Å². The van der Waals surface area contributed by atoms with Gasteiger partial charge in [0.05, 0.1) is 24.6 Å². The Labute approximate surface area is 219 Å². The van der Waals surface area contributed by atoms with Gasteiger partial charge < -0.3 is 21.1 Å². The number of rotatable bonds is 4. The van der Waals surface area contributed by atoms with E-state index < -0.39 is 26.2 Å². The van der Waals surface area contributed by atoms with Gasteiger partial charge in [-0.3, -0.25) is 19.5 Å². The number of nitrogens with two attached hydrogens (primary N) is 1. The molecule has 0 spiro atoms. The number of aliphatic imine (C=N–C) groups is 1. The summed E-state index contributed by atoms with van der Waals surface area (Å²) in [6, 6.07) is 17.8. The molecule has 0 amide bonds. The maximum atomic E-state index is 12.4. The van der Waals surface area contributed by atoms with Gasteiger partial charge in [-0.15, -0.1) is 0 Å². The molecule has 38 heavy (non-hydrogen) atoms. The van der Waals surface area contributed by atoms with E-state index in [0.717, 1.165) is 35.5 Å². The van der Waals surface area contributed by atoms with Crippen LogP contribution in [0.25, 0.3) is 10.8 Å². The third-order valence-corrected chi connectivity index (χ3v) is 4.39. The number of fused-ring (bicyclic) bond motifs is 1. The van der Waals surface area contributed by atoms with E-state index in [2.05, 4.69) is 15.6 Å². The minimum absolute atomic E-state index is 0.0196. The number of hydrogen-bond acceptors (Lipinski definition) is 10. The van der Waals surface area contributed by atoms with Crippen molar-refractivity contribution in [3.63, 3.8) is 0 Å². The number of carbonyl (C=O) groups is 1. The normalized spacial score (nSPS) is 12.6. The Hall–Kier alpha value is -4.05. The van der Waals surface area contributed by atoms with Crippen molar-refractivity contribution in [2.75, 3.05) is 30.9 Å². The number of anilines is 1. The fraction of sp³-hybridized carbons (Fsp3) is 0.174. The van der Waals surface area contributed by atoms with E-state index in [1.54, 1.807) is 30.3 Å². The first kappa shape index (κ1) is 30.2. The molecule has 3 aromatic carbocycles. The fourth-order valence-corrected chi connectivity index (χ4v) is 2.93. The smallest absolute Gasteiger partial charge is 0.343 e. The third-order valence-electron chi connectivity index (χ3n) is 4.39. The number of nitrogens with one attached hydrogen (secondary N) is 3. The first-order chi connectivity index (χ1) is 17.6. The van der Waals surface area contributed by atoms with E-state index in [0.29, 0.717) is 29.4 Å². The van der Waals surface area contributed by atoms with Crippen LogP contribution in [0.4, 0.5) is 5.69 Å². The second-order valence-corrected chi connectivity index (χ2v) is 10.8. The Morgan fingerprint density at radius 3 is 2.00 bits per heavy atom. The molecular weight excluding hydrogens is 538 g/mol. The lowest BCUT2D eigenvalue weighted by atomic mass is 10.1. The van der Waals surface area contributed by atoms with Crippen molar-refractivity contribution in [1.29, 1.82) is 5.41 Å². The van der Waals surface area contributed by atoms with Crippen molar-refractivity contribution < 1.29 is 35.5 Å². The Bertz CT molecular complexity index is 1510. The number of hydrogen-bond donors (Lipinski definition) is 6. The van der Waals surface area contributed by atoms with Crippen molar-refractivity contribution in [2.24, 2.45) is 10.7 Å². The largest absolute Gasteiger partial charge is 0.423 e. The highest BCUT2D eigenvalue weighted by atomic mass is 32.2. The van der Waals surface area contributed by atoms with Crippen LogP contribution in [-0.4, -0.2) is 69.3 Å². The molecule has 0 atom stereocenters. The maximum absolute atomic E-state index is 12.4. The van der Waals surface area contributed by atoms with Gasteiger partial charge in [-0.05, 0) is 53.2 Å². The van der Waals surface area contributed by atoms with Gasteiger partial charge in [0.25, 0.3) is 20.2 Å². The Morgan fingerprint density at radius 1 is 0.947 bits per heavy atom. The van der Waals surface area contributed by atoms with Crippen LogP contribution in [0.15, 0.2) is 65.7 Å². The van der Waals surface area contributed by atoms with Gasteiger partial charge in [0.2, 0.25) is 0 Å². The van der Waals surface area contributed by atoms with Crippen molar-refractivity contribution in [2.45, 2.75) is 0 Å². The first-order valence-corrected chi connectivity index (χ1v) is 14.4. The van der Waals surface area contributed by atoms with Crippen LogP contribution < -0.4 is 21.1 Å². The zero-order valence-electron chi connectivity index (χ0n) is 20.4. The lowest BCUT2D eigenvalue weighted by Crippen LogP contribution is -2.26. The average Bonchev–Trinajstić information content (AvgIpc) is 3.30. The zero-order valence-corrected chi connectivity index (χ0v) is 22.0. The summed E-state index contributed by atoms with van der Waals surface area (Å²) in [4.78, 5) is 16.7. The van der Waals surface area contributed by atoms with Crippen molar-refractivity contribution in [3.8, 4) is 5.75 Å². The standard InChI is InChI=1S/C21H19N5O2.2CH4O3S/c22-19(23)16-2-1-15-12-18(8-5-14(15)11-16)28-20(27)13-3-6-17(7-4-13)26-21-24-9-10-25-21;2*1-5(2,3)4/h1-8,11-12H,9-10H2,(H3,22,23)(H2,24,25,26);2*1H3,(H,2,3,4). The number of amidine groups is 1. The first-order valence-electron chi connectivity index (χ1n) is 10.7. The van der Waals surface area contributed by atoms with E-state index in [1.165, 1.54) is 0 Å². The van der Waals surface area contributed by atoms with Crippen molar-refractivity contribution in [1.82, 2.24) is 5.32 Å². The van der Waals surface area contributed by atoms with Crippen molar-refractivity contribution in [3.05, 3.63) is 71.8 Å². The summed E-state index contributed by atoms with van der Waals surface area (Å²) in [7, 11) is -7.33. The molecule has 0 fully saturated rings. The number of guanidine groups is 1. The van der Waals surface area contributed by atoms with Gasteiger partial charge in [0.1, 0.15) is 11.6 Å². The minimum Gasteiger partial charge on any atom is -0.423 e. The minimum atomic E-state index is -3.67. The average molecular weight is 566 g/mol. The molecular formula is C23H27N5O8S2. The second-order valence-electron chi connectivity index (χ2n) is 7.85. The lowest BCUT2D eigenvalue weighted by Gasteiger charge is -2.09. The van der Waals surface area contributed by atoms with Crippen LogP contribution in [0, 0.1) is 5.41 Å². The molecule has 7 N–H and O–H groups in total. The molecule has 13 nitrogen and oxygen atoms in total. The fourth-order valence-electron chi connectivity index (χ4n) is 2.93. The summed E-state index contributed by atoms with van der Waals surface area (Å²) in [5, 5.41) is 15.6. The van der Waals surface area contributed by atoms with Gasteiger partial charge in [0.15, 0.2) is 5.96 Å². The number of esters is 1. The molecule has 0 bridgehead atoms. The number of carbonyl (C=O) groups excluding carboxylic acids is 1. The second kappa shape index (κ2) is 13.0. The topological polar surface area (TPSA) is 221 Å². The highest BCUT2D eigenvalue weighted by molar-refractivity contribution is 7.85. The molecule has 0 unspecified atom stereocenters. The van der Waals surface area contributed by atoms with E-state index in [9.17, 15) is 21.6 Å². The summed E-state index contributed by atoms with van der Waals surface area (Å²) < 4.78 is 57.2. The molecule has 15 heteroatoms. The van der Waals surface area contributed by atoms with E-state index in [4.69, 9.17) is 25.0 Å². The Kier molecular flexibility index (Phi) is 10.3. The molecule has 1 heterocycles. The van der Waals surface area contributed by atoms with E-state index >= 15 is 0 Å². The maximum Gasteiger partial charge on any atom is 0.343 e. The van der Waals surface area contributed by atoms with Crippen LogP contribution in [0.1, 0.15) is 15.9 Å².